The predicted molar refractivity (Wildman–Crippen MR) is 101 cm³/mol. The van der Waals surface area contributed by atoms with Gasteiger partial charge < -0.3 is 10.4 Å². The monoisotopic (exact) mass is 400 g/mol. The Balaban J connectivity index is 2.34. The second kappa shape index (κ2) is 8.17. The summed E-state index contributed by atoms with van der Waals surface area (Å²) >= 11 is 13.5. The SMILES string of the molecule is CCC(C)[C@H](NC(=O)c1sc(-c2c(Cl)cccc2Cl)nc1C)C(=O)O. The molecule has 0 spiro atoms. The number of benzene rings is 1. The van der Waals surface area contributed by atoms with E-state index in [1.165, 1.54) is 0 Å². The van der Waals surface area contributed by atoms with Crippen LogP contribution in [0, 0.1) is 12.8 Å². The highest BCUT2D eigenvalue weighted by atomic mass is 35.5. The maximum Gasteiger partial charge on any atom is 0.326 e. The number of hydrogen-bond acceptors (Lipinski definition) is 4. The lowest BCUT2D eigenvalue weighted by molar-refractivity contribution is -0.140. The summed E-state index contributed by atoms with van der Waals surface area (Å²) in [5.74, 6) is -1.71. The molecular formula is C17H18Cl2N2O3S. The number of rotatable bonds is 6. The van der Waals surface area contributed by atoms with Gasteiger partial charge in [0, 0.05) is 5.56 Å². The number of aromatic nitrogens is 1. The Morgan fingerprint density at radius 2 is 1.92 bits per heavy atom. The molecule has 1 aromatic carbocycles. The Morgan fingerprint density at radius 1 is 1.32 bits per heavy atom. The third-order valence-corrected chi connectivity index (χ3v) is 5.75. The number of nitrogens with zero attached hydrogens (tertiary/aromatic N) is 1. The Labute approximate surface area is 160 Å². The van der Waals surface area contributed by atoms with E-state index in [1.54, 1.807) is 32.0 Å². The van der Waals surface area contributed by atoms with Gasteiger partial charge in [-0.1, -0.05) is 49.5 Å². The number of halogens is 2. The fourth-order valence-corrected chi connectivity index (χ4v) is 4.04. The molecule has 2 N–H and O–H groups in total. The number of carboxylic acid groups (broad SMARTS) is 1. The normalized spacial score (nSPS) is 13.3. The Hall–Kier alpha value is -1.63. The quantitative estimate of drug-likeness (QED) is 0.738. The minimum Gasteiger partial charge on any atom is -0.480 e. The third kappa shape index (κ3) is 4.32. The molecular weight excluding hydrogens is 383 g/mol. The highest BCUT2D eigenvalue weighted by Crippen LogP contribution is 2.37. The number of carbonyl (C=O) groups excluding carboxylic acids is 1. The van der Waals surface area contributed by atoms with Crippen molar-refractivity contribution in [3.05, 3.63) is 38.8 Å². The molecule has 2 rings (SSSR count). The third-order valence-electron chi connectivity index (χ3n) is 3.95. The zero-order valence-corrected chi connectivity index (χ0v) is 16.3. The van der Waals surface area contributed by atoms with Gasteiger partial charge in [-0.15, -0.1) is 11.3 Å². The zero-order chi connectivity index (χ0) is 18.7. The van der Waals surface area contributed by atoms with Gasteiger partial charge in [0.2, 0.25) is 0 Å². The number of aliphatic carboxylic acids is 1. The van der Waals surface area contributed by atoms with Gasteiger partial charge >= 0.3 is 5.97 Å². The standard InChI is InChI=1S/C17H18Cl2N2O3S/c1-4-8(2)13(17(23)24)21-15(22)14-9(3)20-16(25-14)12-10(18)6-5-7-11(12)19/h5-8,13H,4H2,1-3H3,(H,21,22)(H,23,24)/t8?,13-/m0/s1. The molecule has 0 aliphatic rings. The van der Waals surface area contributed by atoms with Gasteiger partial charge in [-0.05, 0) is 25.0 Å². The molecule has 0 saturated heterocycles. The number of carboxylic acids is 1. The number of aryl methyl sites for hydroxylation is 1. The van der Waals surface area contributed by atoms with Crippen molar-refractivity contribution in [1.82, 2.24) is 10.3 Å². The number of carbonyl (C=O) groups is 2. The lowest BCUT2D eigenvalue weighted by atomic mass is 9.99. The van der Waals surface area contributed by atoms with Gasteiger partial charge in [-0.2, -0.15) is 0 Å². The molecule has 1 aromatic heterocycles. The van der Waals surface area contributed by atoms with Crippen LogP contribution in [-0.2, 0) is 4.79 Å². The van der Waals surface area contributed by atoms with Crippen molar-refractivity contribution in [3.8, 4) is 10.6 Å². The van der Waals surface area contributed by atoms with Gasteiger partial charge in [0.25, 0.3) is 5.91 Å². The van der Waals surface area contributed by atoms with Crippen molar-refractivity contribution < 1.29 is 14.7 Å². The minimum atomic E-state index is -1.06. The molecule has 5 nitrogen and oxygen atoms in total. The average Bonchev–Trinajstić information content (AvgIpc) is 2.92. The van der Waals surface area contributed by atoms with Crippen LogP contribution >= 0.6 is 34.5 Å². The van der Waals surface area contributed by atoms with Gasteiger partial charge in [-0.3, -0.25) is 4.79 Å². The Bertz CT molecular complexity index is 787. The van der Waals surface area contributed by atoms with Crippen LogP contribution in [0.2, 0.25) is 10.0 Å². The van der Waals surface area contributed by atoms with Crippen molar-refractivity contribution in [2.75, 3.05) is 0 Å². The predicted octanol–water partition coefficient (Wildman–Crippen LogP) is 4.65. The Kier molecular flexibility index (Phi) is 6.43. The second-order valence-corrected chi connectivity index (χ2v) is 7.52. The van der Waals surface area contributed by atoms with E-state index in [4.69, 9.17) is 23.2 Å². The smallest absolute Gasteiger partial charge is 0.326 e. The van der Waals surface area contributed by atoms with Gasteiger partial charge in [0.1, 0.15) is 15.9 Å². The molecule has 8 heteroatoms. The first-order valence-electron chi connectivity index (χ1n) is 7.71. The lowest BCUT2D eigenvalue weighted by Crippen LogP contribution is -2.44. The first-order chi connectivity index (χ1) is 11.8. The molecule has 134 valence electrons. The van der Waals surface area contributed by atoms with Crippen LogP contribution in [0.3, 0.4) is 0 Å². The van der Waals surface area contributed by atoms with E-state index in [1.807, 2.05) is 6.92 Å². The Morgan fingerprint density at radius 3 is 2.44 bits per heavy atom. The van der Waals surface area contributed by atoms with E-state index in [-0.39, 0.29) is 5.92 Å². The van der Waals surface area contributed by atoms with E-state index >= 15 is 0 Å². The summed E-state index contributed by atoms with van der Waals surface area (Å²) in [7, 11) is 0. The molecule has 0 aliphatic carbocycles. The number of hydrogen-bond donors (Lipinski definition) is 2. The van der Waals surface area contributed by atoms with E-state index in [0.29, 0.717) is 37.6 Å². The van der Waals surface area contributed by atoms with Crippen LogP contribution in [0.15, 0.2) is 18.2 Å². The second-order valence-electron chi connectivity index (χ2n) is 5.71. The largest absolute Gasteiger partial charge is 0.480 e. The molecule has 1 heterocycles. The van der Waals surface area contributed by atoms with Gasteiger partial charge in [0.05, 0.1) is 15.7 Å². The summed E-state index contributed by atoms with van der Waals surface area (Å²) < 4.78 is 0. The van der Waals surface area contributed by atoms with Crippen LogP contribution in [-0.4, -0.2) is 28.0 Å². The summed E-state index contributed by atoms with van der Waals surface area (Å²) in [6.07, 6.45) is 0.638. The maximum atomic E-state index is 12.5. The highest BCUT2D eigenvalue weighted by molar-refractivity contribution is 7.17. The van der Waals surface area contributed by atoms with Crippen molar-refractivity contribution in [2.45, 2.75) is 33.2 Å². The summed E-state index contributed by atoms with van der Waals surface area (Å²) in [6, 6.07) is 4.17. The van der Waals surface area contributed by atoms with Gasteiger partial charge in [-0.25, -0.2) is 9.78 Å². The van der Waals surface area contributed by atoms with E-state index < -0.39 is 17.9 Å². The average molecular weight is 401 g/mol. The minimum absolute atomic E-state index is 0.188. The maximum absolute atomic E-state index is 12.5. The molecule has 25 heavy (non-hydrogen) atoms. The van der Waals surface area contributed by atoms with Crippen molar-refractivity contribution >= 4 is 46.4 Å². The molecule has 2 atom stereocenters. The molecule has 0 aliphatic heterocycles. The number of amides is 1. The van der Waals surface area contributed by atoms with Crippen molar-refractivity contribution in [1.29, 1.82) is 0 Å². The van der Waals surface area contributed by atoms with E-state index in [0.717, 1.165) is 11.3 Å². The zero-order valence-electron chi connectivity index (χ0n) is 14.0. The summed E-state index contributed by atoms with van der Waals surface area (Å²) in [4.78, 5) is 28.7. The van der Waals surface area contributed by atoms with Crippen molar-refractivity contribution in [3.63, 3.8) is 0 Å². The summed E-state index contributed by atoms with van der Waals surface area (Å²) in [6.45, 7) is 5.36. The van der Waals surface area contributed by atoms with Crippen LogP contribution in [0.4, 0.5) is 0 Å². The topological polar surface area (TPSA) is 79.3 Å². The molecule has 0 radical (unpaired) electrons. The van der Waals surface area contributed by atoms with Crippen molar-refractivity contribution in [2.24, 2.45) is 5.92 Å². The number of thiazole rings is 1. The summed E-state index contributed by atoms with van der Waals surface area (Å²) in [5, 5.41) is 13.3. The van der Waals surface area contributed by atoms with Gasteiger partial charge in [0.15, 0.2) is 0 Å². The lowest BCUT2D eigenvalue weighted by Gasteiger charge is -2.19. The van der Waals surface area contributed by atoms with Crippen LogP contribution in [0.1, 0.15) is 35.6 Å². The van der Waals surface area contributed by atoms with Crippen LogP contribution in [0.5, 0.6) is 0 Å². The van der Waals surface area contributed by atoms with Crippen LogP contribution in [0.25, 0.3) is 10.6 Å². The highest BCUT2D eigenvalue weighted by Gasteiger charge is 2.28. The summed E-state index contributed by atoms with van der Waals surface area (Å²) in [5.41, 5.74) is 1.07. The molecule has 0 saturated carbocycles. The fraction of sp³-hybridized carbons (Fsp3) is 0.353. The molecule has 1 unspecified atom stereocenters. The first-order valence-corrected chi connectivity index (χ1v) is 9.29. The molecule has 0 fully saturated rings. The van der Waals surface area contributed by atoms with Crippen LogP contribution < -0.4 is 5.32 Å². The number of nitrogens with one attached hydrogen (secondary N) is 1. The first kappa shape index (κ1) is 19.7. The molecule has 1 amide bonds. The molecule has 0 bridgehead atoms. The van der Waals surface area contributed by atoms with E-state index in [2.05, 4.69) is 10.3 Å². The fourth-order valence-electron chi connectivity index (χ4n) is 2.31. The van der Waals surface area contributed by atoms with E-state index in [9.17, 15) is 14.7 Å². The molecule has 2 aromatic rings.